The number of rotatable bonds is 8. The predicted octanol–water partition coefficient (Wildman–Crippen LogP) is 2.48. The topological polar surface area (TPSA) is 50.4 Å². The molecule has 0 aromatic heterocycles. The summed E-state index contributed by atoms with van der Waals surface area (Å²) in [5.41, 5.74) is 1.14. The van der Waals surface area contributed by atoms with Crippen molar-refractivity contribution in [3.05, 3.63) is 29.8 Å². The minimum absolute atomic E-state index is 0.0305. The fraction of sp³-hybridized carbons (Fsp3) is 0.562. The van der Waals surface area contributed by atoms with Crippen LogP contribution < -0.4 is 15.4 Å². The first-order valence-electron chi connectivity index (χ1n) is 7.28. The summed E-state index contributed by atoms with van der Waals surface area (Å²) in [6, 6.07) is 7.93. The zero-order valence-electron chi connectivity index (χ0n) is 12.9. The Kier molecular flexibility index (Phi) is 7.09. The van der Waals surface area contributed by atoms with Crippen LogP contribution in [0.4, 0.5) is 0 Å². The fourth-order valence-corrected chi connectivity index (χ4v) is 1.70. The molecule has 0 fully saturated rings. The van der Waals surface area contributed by atoms with E-state index in [0.29, 0.717) is 6.54 Å². The summed E-state index contributed by atoms with van der Waals surface area (Å²) >= 11 is 0. The lowest BCUT2D eigenvalue weighted by Crippen LogP contribution is -2.44. The van der Waals surface area contributed by atoms with Crippen molar-refractivity contribution < 1.29 is 9.53 Å². The van der Waals surface area contributed by atoms with Gasteiger partial charge in [-0.3, -0.25) is 4.79 Å². The number of carbonyl (C=O) groups is 1. The number of benzene rings is 1. The highest BCUT2D eigenvalue weighted by Crippen LogP contribution is 2.12. The van der Waals surface area contributed by atoms with Crippen molar-refractivity contribution in [2.45, 2.75) is 52.7 Å². The molecule has 0 aliphatic heterocycles. The van der Waals surface area contributed by atoms with Crippen LogP contribution in [0.1, 0.15) is 39.7 Å². The van der Waals surface area contributed by atoms with E-state index in [4.69, 9.17) is 4.74 Å². The average molecular weight is 278 g/mol. The number of hydrogen-bond donors (Lipinski definition) is 2. The van der Waals surface area contributed by atoms with E-state index < -0.39 is 0 Å². The average Bonchev–Trinajstić information content (AvgIpc) is 2.42. The molecule has 0 saturated heterocycles. The molecule has 0 aliphatic carbocycles. The van der Waals surface area contributed by atoms with Crippen LogP contribution in [-0.4, -0.2) is 24.6 Å². The van der Waals surface area contributed by atoms with Gasteiger partial charge in [0.2, 0.25) is 5.91 Å². The Morgan fingerprint density at radius 2 is 1.85 bits per heavy atom. The van der Waals surface area contributed by atoms with Gasteiger partial charge in [-0.05, 0) is 44.9 Å². The Morgan fingerprint density at radius 3 is 2.40 bits per heavy atom. The van der Waals surface area contributed by atoms with Crippen LogP contribution >= 0.6 is 0 Å². The standard InChI is InChI=1S/C16H26N2O2/c1-5-10-20-15-8-6-14(7-9-15)11-17-13(4)16(19)18-12(2)3/h6-9,12-13,17H,5,10-11H2,1-4H3,(H,18,19). The van der Waals surface area contributed by atoms with Gasteiger partial charge in [0.05, 0.1) is 12.6 Å². The molecular formula is C16H26N2O2. The smallest absolute Gasteiger partial charge is 0.237 e. The second-order valence-electron chi connectivity index (χ2n) is 5.26. The molecule has 20 heavy (non-hydrogen) atoms. The monoisotopic (exact) mass is 278 g/mol. The number of ether oxygens (including phenoxy) is 1. The van der Waals surface area contributed by atoms with Crippen molar-refractivity contribution in [3.63, 3.8) is 0 Å². The van der Waals surface area contributed by atoms with E-state index in [9.17, 15) is 4.79 Å². The largest absolute Gasteiger partial charge is 0.494 e. The van der Waals surface area contributed by atoms with Gasteiger partial charge in [0.1, 0.15) is 5.75 Å². The molecule has 0 aliphatic rings. The first kappa shape index (κ1) is 16.5. The van der Waals surface area contributed by atoms with E-state index in [1.807, 2.05) is 45.0 Å². The number of nitrogens with one attached hydrogen (secondary N) is 2. The van der Waals surface area contributed by atoms with E-state index in [1.54, 1.807) is 0 Å². The second kappa shape index (κ2) is 8.59. The molecule has 2 N–H and O–H groups in total. The lowest BCUT2D eigenvalue weighted by molar-refractivity contribution is -0.123. The Morgan fingerprint density at radius 1 is 1.20 bits per heavy atom. The molecular weight excluding hydrogens is 252 g/mol. The van der Waals surface area contributed by atoms with Crippen molar-refractivity contribution in [2.75, 3.05) is 6.61 Å². The summed E-state index contributed by atoms with van der Waals surface area (Å²) in [4.78, 5) is 11.8. The van der Waals surface area contributed by atoms with Crippen LogP contribution in [0, 0.1) is 0 Å². The predicted molar refractivity (Wildman–Crippen MR) is 81.8 cm³/mol. The lowest BCUT2D eigenvalue weighted by atomic mass is 10.2. The molecule has 1 amide bonds. The van der Waals surface area contributed by atoms with Crippen molar-refractivity contribution >= 4 is 5.91 Å². The molecule has 1 unspecified atom stereocenters. The third-order valence-corrected chi connectivity index (χ3v) is 2.83. The third-order valence-electron chi connectivity index (χ3n) is 2.83. The van der Waals surface area contributed by atoms with Crippen LogP contribution in [0.25, 0.3) is 0 Å². The normalized spacial score (nSPS) is 12.2. The molecule has 1 atom stereocenters. The summed E-state index contributed by atoms with van der Waals surface area (Å²) in [7, 11) is 0. The molecule has 0 spiro atoms. The van der Waals surface area contributed by atoms with E-state index >= 15 is 0 Å². The van der Waals surface area contributed by atoms with Crippen LogP contribution in [0.5, 0.6) is 5.75 Å². The van der Waals surface area contributed by atoms with Crippen LogP contribution in [-0.2, 0) is 11.3 Å². The second-order valence-corrected chi connectivity index (χ2v) is 5.26. The van der Waals surface area contributed by atoms with Crippen LogP contribution in [0.2, 0.25) is 0 Å². The Bertz CT molecular complexity index is 401. The molecule has 4 heteroatoms. The Labute approximate surface area is 121 Å². The summed E-state index contributed by atoms with van der Waals surface area (Å²) in [6.07, 6.45) is 1.01. The maximum Gasteiger partial charge on any atom is 0.237 e. The maximum atomic E-state index is 11.8. The third kappa shape index (κ3) is 6.06. The van der Waals surface area contributed by atoms with E-state index in [2.05, 4.69) is 17.6 Å². The van der Waals surface area contributed by atoms with Crippen molar-refractivity contribution in [1.82, 2.24) is 10.6 Å². The van der Waals surface area contributed by atoms with E-state index in [-0.39, 0.29) is 18.0 Å². The van der Waals surface area contributed by atoms with Crippen molar-refractivity contribution in [2.24, 2.45) is 0 Å². The zero-order chi connectivity index (χ0) is 15.0. The molecule has 0 bridgehead atoms. The SMILES string of the molecule is CCCOc1ccc(CNC(C)C(=O)NC(C)C)cc1. The van der Waals surface area contributed by atoms with Crippen molar-refractivity contribution in [1.29, 1.82) is 0 Å². The van der Waals surface area contributed by atoms with Gasteiger partial charge < -0.3 is 15.4 Å². The molecule has 4 nitrogen and oxygen atoms in total. The fourth-order valence-electron chi connectivity index (χ4n) is 1.70. The van der Waals surface area contributed by atoms with Gasteiger partial charge in [0.25, 0.3) is 0 Å². The van der Waals surface area contributed by atoms with Gasteiger partial charge >= 0.3 is 0 Å². The molecule has 1 aromatic carbocycles. The van der Waals surface area contributed by atoms with E-state index in [0.717, 1.165) is 24.3 Å². The molecule has 0 saturated carbocycles. The summed E-state index contributed by atoms with van der Waals surface area (Å²) in [6.45, 7) is 9.28. The quantitative estimate of drug-likeness (QED) is 0.768. The van der Waals surface area contributed by atoms with Gasteiger partial charge in [-0.1, -0.05) is 19.1 Å². The molecule has 112 valence electrons. The summed E-state index contributed by atoms with van der Waals surface area (Å²) < 4.78 is 5.53. The Hall–Kier alpha value is -1.55. The molecule has 0 heterocycles. The minimum atomic E-state index is -0.201. The lowest BCUT2D eigenvalue weighted by Gasteiger charge is -2.16. The number of hydrogen-bond acceptors (Lipinski definition) is 3. The van der Waals surface area contributed by atoms with Crippen LogP contribution in [0.15, 0.2) is 24.3 Å². The van der Waals surface area contributed by atoms with Crippen LogP contribution in [0.3, 0.4) is 0 Å². The maximum absolute atomic E-state index is 11.8. The van der Waals surface area contributed by atoms with Gasteiger partial charge in [0.15, 0.2) is 0 Å². The highest BCUT2D eigenvalue weighted by molar-refractivity contribution is 5.81. The van der Waals surface area contributed by atoms with Gasteiger partial charge in [-0.15, -0.1) is 0 Å². The molecule has 1 rings (SSSR count). The minimum Gasteiger partial charge on any atom is -0.494 e. The Balaban J connectivity index is 2.39. The molecule has 1 aromatic rings. The zero-order valence-corrected chi connectivity index (χ0v) is 12.9. The number of amides is 1. The highest BCUT2D eigenvalue weighted by atomic mass is 16.5. The van der Waals surface area contributed by atoms with Gasteiger partial charge in [-0.2, -0.15) is 0 Å². The number of carbonyl (C=O) groups excluding carboxylic acids is 1. The summed E-state index contributed by atoms with van der Waals surface area (Å²) in [5.74, 6) is 0.920. The first-order chi connectivity index (χ1) is 9.52. The van der Waals surface area contributed by atoms with E-state index in [1.165, 1.54) is 0 Å². The molecule has 0 radical (unpaired) electrons. The van der Waals surface area contributed by atoms with Gasteiger partial charge in [0, 0.05) is 12.6 Å². The summed E-state index contributed by atoms with van der Waals surface area (Å²) in [5, 5.41) is 6.10. The highest BCUT2D eigenvalue weighted by Gasteiger charge is 2.12. The van der Waals surface area contributed by atoms with Gasteiger partial charge in [-0.25, -0.2) is 0 Å². The van der Waals surface area contributed by atoms with Crippen molar-refractivity contribution in [3.8, 4) is 5.75 Å². The first-order valence-corrected chi connectivity index (χ1v) is 7.28.